The fraction of sp³-hybridized carbons (Fsp3) is 0.0714. The minimum absolute atomic E-state index is 0.187. The number of ether oxygens (including phenoxy) is 1. The van der Waals surface area contributed by atoms with E-state index >= 15 is 0 Å². The summed E-state index contributed by atoms with van der Waals surface area (Å²) < 4.78 is 8.39. The SMILES string of the molecule is Oc1cccc(OCc2nc(Br)c3ccccn23)c1. The van der Waals surface area contributed by atoms with Gasteiger partial charge >= 0.3 is 0 Å². The third-order valence-corrected chi connectivity index (χ3v) is 3.35. The van der Waals surface area contributed by atoms with Crippen LogP contribution in [0.4, 0.5) is 0 Å². The molecule has 0 saturated heterocycles. The van der Waals surface area contributed by atoms with Crippen LogP contribution in [0.1, 0.15) is 5.82 Å². The van der Waals surface area contributed by atoms with E-state index in [-0.39, 0.29) is 5.75 Å². The second-order valence-corrected chi connectivity index (χ2v) is 4.81. The molecule has 2 aromatic heterocycles. The zero-order valence-electron chi connectivity index (χ0n) is 9.95. The molecule has 0 spiro atoms. The molecular formula is C14H11BrN2O2. The number of aromatic nitrogens is 2. The molecule has 3 rings (SSSR count). The van der Waals surface area contributed by atoms with Gasteiger partial charge in [-0.1, -0.05) is 12.1 Å². The summed E-state index contributed by atoms with van der Waals surface area (Å²) in [6, 6.07) is 12.6. The van der Waals surface area contributed by atoms with Gasteiger partial charge in [0, 0.05) is 12.3 Å². The first-order valence-electron chi connectivity index (χ1n) is 5.77. The van der Waals surface area contributed by atoms with Gasteiger partial charge in [0.05, 0.1) is 5.52 Å². The highest BCUT2D eigenvalue weighted by Gasteiger charge is 2.08. The van der Waals surface area contributed by atoms with Gasteiger partial charge in [0.2, 0.25) is 0 Å². The highest BCUT2D eigenvalue weighted by molar-refractivity contribution is 9.10. The Bertz CT molecular complexity index is 724. The van der Waals surface area contributed by atoms with Crippen molar-refractivity contribution >= 4 is 21.4 Å². The zero-order chi connectivity index (χ0) is 13.2. The fourth-order valence-corrected chi connectivity index (χ4v) is 2.41. The number of phenols is 1. The maximum absolute atomic E-state index is 9.38. The van der Waals surface area contributed by atoms with Crippen LogP contribution in [-0.2, 0) is 6.61 Å². The number of pyridine rings is 1. The largest absolute Gasteiger partial charge is 0.508 e. The number of fused-ring (bicyclic) bond motifs is 1. The van der Waals surface area contributed by atoms with E-state index in [4.69, 9.17) is 4.74 Å². The monoisotopic (exact) mass is 318 g/mol. The molecule has 0 atom stereocenters. The lowest BCUT2D eigenvalue weighted by atomic mass is 10.3. The maximum Gasteiger partial charge on any atom is 0.152 e. The number of nitrogens with zero attached hydrogens (tertiary/aromatic N) is 2. The molecule has 0 fully saturated rings. The smallest absolute Gasteiger partial charge is 0.152 e. The molecule has 0 aliphatic rings. The van der Waals surface area contributed by atoms with Crippen molar-refractivity contribution in [2.45, 2.75) is 6.61 Å². The first kappa shape index (κ1) is 12.0. The number of phenolic OH excluding ortho intramolecular Hbond substituents is 1. The van der Waals surface area contributed by atoms with E-state index in [9.17, 15) is 5.11 Å². The number of hydrogen-bond acceptors (Lipinski definition) is 3. The van der Waals surface area contributed by atoms with Gasteiger partial charge in [-0.25, -0.2) is 4.98 Å². The standard InChI is InChI=1S/C14H11BrN2O2/c15-14-12-6-1-2-7-17(12)13(16-14)9-19-11-5-3-4-10(18)8-11/h1-8,18H,9H2. The van der Waals surface area contributed by atoms with Gasteiger partial charge in [0.15, 0.2) is 5.82 Å². The van der Waals surface area contributed by atoms with E-state index in [1.165, 1.54) is 0 Å². The predicted octanol–water partition coefficient (Wildman–Crippen LogP) is 3.38. The number of rotatable bonds is 3. The fourth-order valence-electron chi connectivity index (χ4n) is 1.88. The van der Waals surface area contributed by atoms with Gasteiger partial charge in [0.1, 0.15) is 22.7 Å². The Hall–Kier alpha value is -2.01. The number of benzene rings is 1. The van der Waals surface area contributed by atoms with Crippen molar-refractivity contribution in [2.75, 3.05) is 0 Å². The molecule has 0 radical (unpaired) electrons. The van der Waals surface area contributed by atoms with Gasteiger partial charge in [-0.2, -0.15) is 0 Å². The molecule has 19 heavy (non-hydrogen) atoms. The second kappa shape index (κ2) is 4.93. The van der Waals surface area contributed by atoms with Crippen molar-refractivity contribution in [3.63, 3.8) is 0 Å². The minimum atomic E-state index is 0.187. The van der Waals surface area contributed by atoms with Gasteiger partial charge in [0.25, 0.3) is 0 Å². The summed E-state index contributed by atoms with van der Waals surface area (Å²) >= 11 is 3.43. The van der Waals surface area contributed by atoms with E-state index in [1.54, 1.807) is 24.3 Å². The minimum Gasteiger partial charge on any atom is -0.508 e. The molecule has 2 heterocycles. The van der Waals surface area contributed by atoms with Crippen molar-refractivity contribution in [3.8, 4) is 11.5 Å². The van der Waals surface area contributed by atoms with Crippen LogP contribution in [0.25, 0.3) is 5.52 Å². The average molecular weight is 319 g/mol. The summed E-state index contributed by atoms with van der Waals surface area (Å²) in [6.07, 6.45) is 1.94. The van der Waals surface area contributed by atoms with Gasteiger partial charge < -0.3 is 9.84 Å². The zero-order valence-corrected chi connectivity index (χ0v) is 11.5. The summed E-state index contributed by atoms with van der Waals surface area (Å²) in [4.78, 5) is 4.42. The third-order valence-electron chi connectivity index (χ3n) is 2.76. The second-order valence-electron chi connectivity index (χ2n) is 4.06. The van der Waals surface area contributed by atoms with Crippen molar-refractivity contribution < 1.29 is 9.84 Å². The Morgan fingerprint density at radius 2 is 2.11 bits per heavy atom. The Morgan fingerprint density at radius 3 is 2.95 bits per heavy atom. The lowest BCUT2D eigenvalue weighted by Crippen LogP contribution is -2.00. The number of halogens is 1. The molecule has 5 heteroatoms. The molecular weight excluding hydrogens is 308 g/mol. The Morgan fingerprint density at radius 1 is 1.21 bits per heavy atom. The summed E-state index contributed by atoms with van der Waals surface area (Å²) in [5, 5.41) is 9.38. The lowest BCUT2D eigenvalue weighted by Gasteiger charge is -2.05. The number of hydrogen-bond donors (Lipinski definition) is 1. The van der Waals surface area contributed by atoms with E-state index < -0.39 is 0 Å². The molecule has 96 valence electrons. The van der Waals surface area contributed by atoms with Crippen molar-refractivity contribution in [2.24, 2.45) is 0 Å². The first-order valence-corrected chi connectivity index (χ1v) is 6.56. The van der Waals surface area contributed by atoms with Crippen LogP contribution in [0.15, 0.2) is 53.3 Å². The summed E-state index contributed by atoms with van der Waals surface area (Å²) in [7, 11) is 0. The van der Waals surface area contributed by atoms with Crippen LogP contribution in [0.5, 0.6) is 11.5 Å². The van der Waals surface area contributed by atoms with Gasteiger partial charge in [-0.15, -0.1) is 0 Å². The Kier molecular flexibility index (Phi) is 3.13. The molecule has 4 nitrogen and oxygen atoms in total. The van der Waals surface area contributed by atoms with Crippen LogP contribution in [0.3, 0.4) is 0 Å². The van der Waals surface area contributed by atoms with Crippen molar-refractivity contribution in [1.82, 2.24) is 9.38 Å². The van der Waals surface area contributed by atoms with Crippen LogP contribution >= 0.6 is 15.9 Å². The lowest BCUT2D eigenvalue weighted by molar-refractivity contribution is 0.293. The molecule has 0 amide bonds. The van der Waals surface area contributed by atoms with E-state index in [0.29, 0.717) is 12.4 Å². The van der Waals surface area contributed by atoms with E-state index in [0.717, 1.165) is 15.9 Å². The number of aromatic hydroxyl groups is 1. The summed E-state index contributed by atoms with van der Waals surface area (Å²) in [5.41, 5.74) is 0.997. The quantitative estimate of drug-likeness (QED) is 0.805. The van der Waals surface area contributed by atoms with E-state index in [1.807, 2.05) is 28.8 Å². The Balaban J connectivity index is 1.86. The normalized spacial score (nSPS) is 10.8. The molecule has 0 aliphatic carbocycles. The predicted molar refractivity (Wildman–Crippen MR) is 75.3 cm³/mol. The molecule has 0 saturated carbocycles. The maximum atomic E-state index is 9.38. The van der Waals surface area contributed by atoms with Gasteiger partial charge in [-0.3, -0.25) is 4.40 Å². The topological polar surface area (TPSA) is 46.8 Å². The molecule has 3 aromatic rings. The summed E-state index contributed by atoms with van der Waals surface area (Å²) in [5.74, 6) is 1.60. The molecule has 0 unspecified atom stereocenters. The highest BCUT2D eigenvalue weighted by atomic mass is 79.9. The first-order chi connectivity index (χ1) is 9.24. The van der Waals surface area contributed by atoms with Gasteiger partial charge in [-0.05, 0) is 40.2 Å². The molecule has 1 N–H and O–H groups in total. The average Bonchev–Trinajstić information content (AvgIpc) is 2.74. The Labute approximate surface area is 118 Å². The van der Waals surface area contributed by atoms with Crippen LogP contribution in [0, 0.1) is 0 Å². The highest BCUT2D eigenvalue weighted by Crippen LogP contribution is 2.21. The summed E-state index contributed by atoms with van der Waals surface area (Å²) in [6.45, 7) is 0.334. The number of imidazole rings is 1. The molecule has 1 aromatic carbocycles. The van der Waals surface area contributed by atoms with Crippen molar-refractivity contribution in [3.05, 3.63) is 59.1 Å². The van der Waals surface area contributed by atoms with Crippen LogP contribution in [0.2, 0.25) is 0 Å². The third kappa shape index (κ3) is 2.42. The van der Waals surface area contributed by atoms with Crippen LogP contribution in [-0.4, -0.2) is 14.5 Å². The molecule has 0 aliphatic heterocycles. The van der Waals surface area contributed by atoms with E-state index in [2.05, 4.69) is 20.9 Å². The van der Waals surface area contributed by atoms with Crippen LogP contribution < -0.4 is 4.74 Å². The molecule has 0 bridgehead atoms. The van der Waals surface area contributed by atoms with Crippen molar-refractivity contribution in [1.29, 1.82) is 0 Å².